The van der Waals surface area contributed by atoms with Gasteiger partial charge in [0.2, 0.25) is 5.91 Å². The maximum atomic E-state index is 10.1. The minimum Gasteiger partial charge on any atom is -0.787 e. The summed E-state index contributed by atoms with van der Waals surface area (Å²) in [5, 5.41) is 18.2. The Labute approximate surface area is 112 Å². The van der Waals surface area contributed by atoms with Gasteiger partial charge >= 0.3 is 57.4 Å². The van der Waals surface area contributed by atoms with E-state index in [1.165, 1.54) is 5.48 Å². The molecule has 1 atom stereocenters. The maximum absolute atomic E-state index is 10.1. The van der Waals surface area contributed by atoms with E-state index in [0.29, 0.717) is 0 Å². The van der Waals surface area contributed by atoms with Gasteiger partial charge in [-0.15, -0.1) is 0 Å². The summed E-state index contributed by atoms with van der Waals surface area (Å²) in [4.78, 5) is 20.3. The standard InChI is InChI=1S/C5H9N2O4.K/c6-4(8)2-1-3(7-11)5(9)10;/h3,7H,1-2H2,(H2,6,8)(H,9,10);/q-1;+1/t3-;/m0./s1. The zero-order valence-corrected chi connectivity index (χ0v) is 9.86. The summed E-state index contributed by atoms with van der Waals surface area (Å²) in [6, 6.07) is -1.23. The quantitative estimate of drug-likeness (QED) is 0.307. The summed E-state index contributed by atoms with van der Waals surface area (Å²) >= 11 is 0. The Bertz CT molecular complexity index is 164. The molecule has 12 heavy (non-hydrogen) atoms. The second-order valence-corrected chi connectivity index (χ2v) is 2.01. The maximum Gasteiger partial charge on any atom is 1.00 e. The summed E-state index contributed by atoms with van der Waals surface area (Å²) in [6.45, 7) is 0. The van der Waals surface area contributed by atoms with E-state index in [9.17, 15) is 14.8 Å². The molecule has 0 heterocycles. The molecule has 0 aromatic heterocycles. The van der Waals surface area contributed by atoms with E-state index >= 15 is 0 Å². The van der Waals surface area contributed by atoms with Gasteiger partial charge in [0.05, 0.1) is 6.04 Å². The molecule has 0 radical (unpaired) electrons. The van der Waals surface area contributed by atoms with Crippen LogP contribution in [0.4, 0.5) is 0 Å². The van der Waals surface area contributed by atoms with Gasteiger partial charge in [-0.3, -0.25) is 9.59 Å². The van der Waals surface area contributed by atoms with Crippen molar-refractivity contribution in [2.24, 2.45) is 5.73 Å². The zero-order chi connectivity index (χ0) is 8.85. The molecule has 6 nitrogen and oxygen atoms in total. The predicted octanol–water partition coefficient (Wildman–Crippen LogP) is -4.20. The zero-order valence-electron chi connectivity index (χ0n) is 6.74. The minimum absolute atomic E-state index is 0. The number of nitrogens with one attached hydrogen (secondary N) is 1. The number of amides is 1. The van der Waals surface area contributed by atoms with Gasteiger partial charge in [0.25, 0.3) is 0 Å². The predicted molar refractivity (Wildman–Crippen MR) is 36.4 cm³/mol. The summed E-state index contributed by atoms with van der Waals surface area (Å²) < 4.78 is 0. The molecule has 0 aliphatic rings. The van der Waals surface area contributed by atoms with Crippen molar-refractivity contribution in [1.29, 1.82) is 0 Å². The molecule has 0 aliphatic carbocycles. The Morgan fingerprint density at radius 2 is 2.08 bits per heavy atom. The van der Waals surface area contributed by atoms with Crippen LogP contribution in [-0.2, 0) is 9.59 Å². The first-order chi connectivity index (χ1) is 5.07. The average molecular weight is 200 g/mol. The van der Waals surface area contributed by atoms with E-state index in [4.69, 9.17) is 10.8 Å². The van der Waals surface area contributed by atoms with Crippen LogP contribution >= 0.6 is 0 Å². The van der Waals surface area contributed by atoms with E-state index < -0.39 is 17.9 Å². The topological polar surface area (TPSA) is 115 Å². The fourth-order valence-corrected chi connectivity index (χ4v) is 0.519. The van der Waals surface area contributed by atoms with Crippen LogP contribution in [0.2, 0.25) is 0 Å². The molecular weight excluding hydrogens is 191 g/mol. The third-order valence-electron chi connectivity index (χ3n) is 1.12. The van der Waals surface area contributed by atoms with Gasteiger partial charge in [-0.25, -0.2) is 0 Å². The largest absolute Gasteiger partial charge is 1.00 e. The van der Waals surface area contributed by atoms with Crippen LogP contribution < -0.4 is 62.6 Å². The van der Waals surface area contributed by atoms with Crippen molar-refractivity contribution in [3.8, 4) is 0 Å². The van der Waals surface area contributed by atoms with E-state index in [2.05, 4.69) is 0 Å². The number of rotatable bonds is 5. The van der Waals surface area contributed by atoms with Gasteiger partial charge in [0, 0.05) is 6.42 Å². The Balaban J connectivity index is 0. The number of hydroxylamine groups is 1. The van der Waals surface area contributed by atoms with Crippen molar-refractivity contribution in [1.82, 2.24) is 5.48 Å². The fourth-order valence-electron chi connectivity index (χ4n) is 0.519. The molecule has 0 aromatic rings. The van der Waals surface area contributed by atoms with Crippen LogP contribution in [0.15, 0.2) is 0 Å². The van der Waals surface area contributed by atoms with Gasteiger partial charge in [0.1, 0.15) is 0 Å². The van der Waals surface area contributed by atoms with Crippen LogP contribution in [0.5, 0.6) is 0 Å². The van der Waals surface area contributed by atoms with Crippen molar-refractivity contribution in [3.63, 3.8) is 0 Å². The van der Waals surface area contributed by atoms with Crippen LogP contribution in [0, 0.1) is 5.21 Å². The molecule has 0 saturated heterocycles. The molecule has 0 aliphatic heterocycles. The van der Waals surface area contributed by atoms with Gasteiger partial charge in [-0.2, -0.15) is 0 Å². The second-order valence-electron chi connectivity index (χ2n) is 2.01. The summed E-state index contributed by atoms with van der Waals surface area (Å²) in [7, 11) is 0. The number of hydrogen-bond acceptors (Lipinski definition) is 4. The number of nitrogens with two attached hydrogens (primary N) is 1. The average Bonchev–Trinajstić information content (AvgIpc) is 1.87. The SMILES string of the molecule is NC(=O)CC[C@H](N[O-])C(=O)O.[K+]. The Morgan fingerprint density at radius 1 is 1.58 bits per heavy atom. The first-order valence-corrected chi connectivity index (χ1v) is 2.96. The molecule has 0 rings (SSSR count). The molecule has 0 fully saturated rings. The third kappa shape index (κ3) is 7.16. The molecule has 64 valence electrons. The van der Waals surface area contributed by atoms with Gasteiger partial charge in [-0.05, 0) is 6.42 Å². The van der Waals surface area contributed by atoms with E-state index in [1.54, 1.807) is 0 Å². The normalized spacial score (nSPS) is 11.4. The molecular formula is C5H9KN2O4. The van der Waals surface area contributed by atoms with E-state index in [-0.39, 0.29) is 64.2 Å². The first-order valence-electron chi connectivity index (χ1n) is 2.96. The summed E-state index contributed by atoms with van der Waals surface area (Å²) in [6.07, 6.45) is -0.180. The van der Waals surface area contributed by atoms with Crippen molar-refractivity contribution in [2.45, 2.75) is 18.9 Å². The van der Waals surface area contributed by atoms with E-state index in [1.807, 2.05) is 0 Å². The molecule has 0 bridgehead atoms. The first kappa shape index (κ1) is 15.0. The molecule has 7 heteroatoms. The summed E-state index contributed by atoms with van der Waals surface area (Å²) in [5.41, 5.74) is 6.03. The number of carboxylic acid groups (broad SMARTS) is 1. The number of carbonyl (C=O) groups is 2. The molecule has 0 aromatic carbocycles. The van der Waals surface area contributed by atoms with Crippen molar-refractivity contribution < 1.29 is 66.1 Å². The number of primary amides is 1. The van der Waals surface area contributed by atoms with Crippen LogP contribution in [0.25, 0.3) is 0 Å². The third-order valence-corrected chi connectivity index (χ3v) is 1.12. The second kappa shape index (κ2) is 8.11. The number of carbonyl (C=O) groups excluding carboxylic acids is 1. The number of hydrogen-bond donors (Lipinski definition) is 3. The molecule has 0 unspecified atom stereocenters. The van der Waals surface area contributed by atoms with Crippen LogP contribution in [-0.4, -0.2) is 23.0 Å². The molecule has 1 amide bonds. The van der Waals surface area contributed by atoms with Gasteiger partial charge in [0.15, 0.2) is 0 Å². The number of carboxylic acids is 1. The molecule has 0 saturated carbocycles. The summed E-state index contributed by atoms with van der Waals surface area (Å²) in [5.74, 6) is -1.90. The monoisotopic (exact) mass is 200 g/mol. The van der Waals surface area contributed by atoms with Crippen LogP contribution in [0.3, 0.4) is 0 Å². The number of aliphatic carboxylic acids is 1. The fraction of sp³-hybridized carbons (Fsp3) is 0.600. The Hall–Kier alpha value is 0.496. The Morgan fingerprint density at radius 3 is 2.33 bits per heavy atom. The minimum atomic E-state index is -1.28. The smallest absolute Gasteiger partial charge is 0.787 e. The Kier molecular flexibility index (Phi) is 10.1. The molecule has 4 N–H and O–H groups in total. The van der Waals surface area contributed by atoms with Gasteiger partial charge < -0.3 is 21.5 Å². The van der Waals surface area contributed by atoms with E-state index in [0.717, 1.165) is 0 Å². The van der Waals surface area contributed by atoms with Crippen molar-refractivity contribution in [2.75, 3.05) is 0 Å². The molecule has 0 spiro atoms. The van der Waals surface area contributed by atoms with Crippen molar-refractivity contribution in [3.05, 3.63) is 5.21 Å². The van der Waals surface area contributed by atoms with Crippen LogP contribution in [0.1, 0.15) is 12.8 Å². The van der Waals surface area contributed by atoms with Crippen molar-refractivity contribution >= 4 is 11.9 Å². The van der Waals surface area contributed by atoms with Gasteiger partial charge in [-0.1, -0.05) is 0 Å².